The molecule has 0 saturated carbocycles. The maximum absolute atomic E-state index is 9.89. The third-order valence-corrected chi connectivity index (χ3v) is 3.61. The Labute approximate surface area is 122 Å². The molecule has 0 aliphatic carbocycles. The van der Waals surface area contributed by atoms with Gasteiger partial charge < -0.3 is 15.5 Å². The first-order chi connectivity index (χ1) is 8.22. The summed E-state index contributed by atoms with van der Waals surface area (Å²) < 4.78 is 0.916. The molecule has 1 aliphatic rings. The van der Waals surface area contributed by atoms with Crippen LogP contribution in [0.1, 0.15) is 11.6 Å². The van der Waals surface area contributed by atoms with Crippen LogP contribution in [0.5, 0.6) is 5.75 Å². The molecule has 1 saturated heterocycles. The number of phenols is 1. The van der Waals surface area contributed by atoms with E-state index in [1.807, 2.05) is 6.07 Å². The zero-order valence-electron chi connectivity index (χ0n) is 9.97. The zero-order valence-corrected chi connectivity index (χ0v) is 12.4. The first-order valence-electron chi connectivity index (χ1n) is 5.76. The average Bonchev–Trinajstić information content (AvgIpc) is 2.36. The molecular weight excluding hydrogens is 320 g/mol. The van der Waals surface area contributed by atoms with E-state index >= 15 is 0 Å². The van der Waals surface area contributed by atoms with Crippen LogP contribution in [0, 0.1) is 0 Å². The standard InChI is InChI=1S/C12H17BrN2O2.ClH/c13-9-1-2-12(17)10(7-9)11(8-16)15-5-3-14-4-6-15;/h1-2,7,11,14,16-17H,3-6,8H2;1H/t11-;/m1./s1. The quantitative estimate of drug-likeness (QED) is 0.783. The van der Waals surface area contributed by atoms with Crippen molar-refractivity contribution in [1.29, 1.82) is 0 Å². The molecule has 0 unspecified atom stereocenters. The van der Waals surface area contributed by atoms with Crippen LogP contribution in [0.2, 0.25) is 0 Å². The Morgan fingerprint density at radius 2 is 2.00 bits per heavy atom. The number of aromatic hydroxyl groups is 1. The van der Waals surface area contributed by atoms with E-state index in [1.54, 1.807) is 12.1 Å². The molecule has 0 amide bonds. The zero-order chi connectivity index (χ0) is 12.3. The van der Waals surface area contributed by atoms with Crippen LogP contribution in [0.15, 0.2) is 22.7 Å². The van der Waals surface area contributed by atoms with Crippen molar-refractivity contribution in [3.05, 3.63) is 28.2 Å². The number of piperazine rings is 1. The number of nitrogens with zero attached hydrogens (tertiary/aromatic N) is 1. The SMILES string of the molecule is Cl.OC[C@H](c1cc(Br)ccc1O)N1CCNCC1. The minimum atomic E-state index is -0.130. The van der Waals surface area contributed by atoms with E-state index in [0.29, 0.717) is 0 Å². The maximum atomic E-state index is 9.89. The molecule has 0 bridgehead atoms. The van der Waals surface area contributed by atoms with Gasteiger partial charge in [-0.05, 0) is 18.2 Å². The number of aliphatic hydroxyl groups excluding tert-OH is 1. The second kappa shape index (κ2) is 7.31. The van der Waals surface area contributed by atoms with Crippen LogP contribution in [-0.2, 0) is 0 Å². The lowest BCUT2D eigenvalue weighted by atomic mass is 10.0. The van der Waals surface area contributed by atoms with Crippen LogP contribution in [-0.4, -0.2) is 47.9 Å². The number of phenolic OH excluding ortho intramolecular Hbond substituents is 1. The average molecular weight is 338 g/mol. The topological polar surface area (TPSA) is 55.7 Å². The van der Waals surface area contributed by atoms with Gasteiger partial charge in [-0.25, -0.2) is 0 Å². The van der Waals surface area contributed by atoms with Crippen LogP contribution >= 0.6 is 28.3 Å². The monoisotopic (exact) mass is 336 g/mol. The molecule has 4 nitrogen and oxygen atoms in total. The Morgan fingerprint density at radius 1 is 1.33 bits per heavy atom. The fraction of sp³-hybridized carbons (Fsp3) is 0.500. The lowest BCUT2D eigenvalue weighted by Gasteiger charge is -2.34. The Hall–Kier alpha value is -0.330. The molecule has 1 aliphatic heterocycles. The lowest BCUT2D eigenvalue weighted by molar-refractivity contribution is 0.109. The highest BCUT2D eigenvalue weighted by molar-refractivity contribution is 9.10. The van der Waals surface area contributed by atoms with Gasteiger partial charge in [-0.3, -0.25) is 4.90 Å². The van der Waals surface area contributed by atoms with Crippen molar-refractivity contribution in [2.75, 3.05) is 32.8 Å². The third kappa shape index (κ3) is 3.59. The van der Waals surface area contributed by atoms with Crippen LogP contribution in [0.3, 0.4) is 0 Å². The van der Waals surface area contributed by atoms with E-state index in [-0.39, 0.29) is 30.8 Å². The van der Waals surface area contributed by atoms with Crippen molar-refractivity contribution in [2.45, 2.75) is 6.04 Å². The number of benzene rings is 1. The molecule has 18 heavy (non-hydrogen) atoms. The van der Waals surface area contributed by atoms with Crippen LogP contribution in [0.25, 0.3) is 0 Å². The molecule has 1 atom stereocenters. The first-order valence-corrected chi connectivity index (χ1v) is 6.55. The Bertz CT molecular complexity index is 386. The van der Waals surface area contributed by atoms with Gasteiger partial charge in [0, 0.05) is 36.2 Å². The molecular formula is C12H18BrClN2O2. The molecule has 1 fully saturated rings. The summed E-state index contributed by atoms with van der Waals surface area (Å²) >= 11 is 3.39. The fourth-order valence-corrected chi connectivity index (χ4v) is 2.58. The highest BCUT2D eigenvalue weighted by Crippen LogP contribution is 2.31. The first kappa shape index (κ1) is 15.7. The van der Waals surface area contributed by atoms with Gasteiger partial charge in [-0.1, -0.05) is 15.9 Å². The summed E-state index contributed by atoms with van der Waals surface area (Å²) in [5.41, 5.74) is 0.781. The van der Waals surface area contributed by atoms with Gasteiger partial charge in [-0.2, -0.15) is 0 Å². The molecule has 0 spiro atoms. The molecule has 1 aromatic carbocycles. The van der Waals surface area contributed by atoms with Crippen molar-refractivity contribution < 1.29 is 10.2 Å². The Kier molecular flexibility index (Phi) is 6.38. The molecule has 0 aromatic heterocycles. The smallest absolute Gasteiger partial charge is 0.120 e. The summed E-state index contributed by atoms with van der Waals surface area (Å²) in [5.74, 6) is 0.241. The molecule has 2 rings (SSSR count). The summed E-state index contributed by atoms with van der Waals surface area (Å²) in [6, 6.07) is 5.20. The summed E-state index contributed by atoms with van der Waals surface area (Å²) in [7, 11) is 0. The lowest BCUT2D eigenvalue weighted by Crippen LogP contribution is -2.46. The van der Waals surface area contributed by atoms with Crippen molar-refractivity contribution in [3.63, 3.8) is 0 Å². The Balaban J connectivity index is 0.00000162. The van der Waals surface area contributed by atoms with Gasteiger partial charge in [0.2, 0.25) is 0 Å². The number of rotatable bonds is 3. The highest BCUT2D eigenvalue weighted by Gasteiger charge is 2.23. The van der Waals surface area contributed by atoms with Gasteiger partial charge in [0.15, 0.2) is 0 Å². The summed E-state index contributed by atoms with van der Waals surface area (Å²) in [6.07, 6.45) is 0. The van der Waals surface area contributed by atoms with Crippen molar-refractivity contribution in [1.82, 2.24) is 10.2 Å². The summed E-state index contributed by atoms with van der Waals surface area (Å²) in [5, 5.41) is 22.7. The number of aliphatic hydroxyl groups is 1. The molecule has 102 valence electrons. The minimum absolute atomic E-state index is 0. The van der Waals surface area contributed by atoms with E-state index < -0.39 is 0 Å². The van der Waals surface area contributed by atoms with Crippen LogP contribution in [0.4, 0.5) is 0 Å². The number of hydrogen-bond donors (Lipinski definition) is 3. The highest BCUT2D eigenvalue weighted by atomic mass is 79.9. The third-order valence-electron chi connectivity index (χ3n) is 3.11. The largest absolute Gasteiger partial charge is 0.508 e. The summed E-state index contributed by atoms with van der Waals surface area (Å²) in [6.45, 7) is 3.63. The second-order valence-electron chi connectivity index (χ2n) is 4.19. The fourth-order valence-electron chi connectivity index (χ4n) is 2.20. The molecule has 0 radical (unpaired) electrons. The van der Waals surface area contributed by atoms with E-state index in [1.165, 1.54) is 0 Å². The molecule has 6 heteroatoms. The van der Waals surface area contributed by atoms with E-state index in [9.17, 15) is 10.2 Å². The normalized spacial score (nSPS) is 18.1. The van der Waals surface area contributed by atoms with Crippen molar-refractivity contribution >= 4 is 28.3 Å². The number of nitrogens with one attached hydrogen (secondary N) is 1. The minimum Gasteiger partial charge on any atom is -0.508 e. The van der Waals surface area contributed by atoms with Gasteiger partial charge in [0.25, 0.3) is 0 Å². The Morgan fingerprint density at radius 3 is 2.61 bits per heavy atom. The number of halogens is 2. The van der Waals surface area contributed by atoms with E-state index in [2.05, 4.69) is 26.1 Å². The van der Waals surface area contributed by atoms with Crippen LogP contribution < -0.4 is 5.32 Å². The van der Waals surface area contributed by atoms with Gasteiger partial charge in [0.1, 0.15) is 5.75 Å². The predicted molar refractivity (Wildman–Crippen MR) is 77.3 cm³/mol. The molecule has 3 N–H and O–H groups in total. The molecule has 1 aromatic rings. The molecule has 1 heterocycles. The van der Waals surface area contributed by atoms with Gasteiger partial charge in [-0.15, -0.1) is 12.4 Å². The predicted octanol–water partition coefficient (Wildman–Crippen LogP) is 1.52. The maximum Gasteiger partial charge on any atom is 0.120 e. The van der Waals surface area contributed by atoms with Crippen molar-refractivity contribution in [2.24, 2.45) is 0 Å². The van der Waals surface area contributed by atoms with Gasteiger partial charge >= 0.3 is 0 Å². The van der Waals surface area contributed by atoms with Gasteiger partial charge in [0.05, 0.1) is 12.6 Å². The van der Waals surface area contributed by atoms with E-state index in [0.717, 1.165) is 36.2 Å². The second-order valence-corrected chi connectivity index (χ2v) is 5.10. The summed E-state index contributed by atoms with van der Waals surface area (Å²) in [4.78, 5) is 2.19. The van der Waals surface area contributed by atoms with Crippen molar-refractivity contribution in [3.8, 4) is 5.75 Å². The number of hydrogen-bond acceptors (Lipinski definition) is 4. The van der Waals surface area contributed by atoms with E-state index in [4.69, 9.17) is 0 Å².